The minimum atomic E-state index is 0.739. The highest BCUT2D eigenvalue weighted by Crippen LogP contribution is 2.11. The van der Waals surface area contributed by atoms with E-state index in [2.05, 4.69) is 21.5 Å². The summed E-state index contributed by atoms with van der Waals surface area (Å²) in [4.78, 5) is 8.77. The predicted molar refractivity (Wildman–Crippen MR) is 64.1 cm³/mol. The molecule has 0 aliphatic heterocycles. The van der Waals surface area contributed by atoms with Crippen LogP contribution in [0.4, 0.5) is 5.69 Å². The third kappa shape index (κ3) is 2.05. The van der Waals surface area contributed by atoms with Gasteiger partial charge in [0.2, 0.25) is 0 Å². The minimum absolute atomic E-state index is 0.739. The first-order valence-corrected chi connectivity index (χ1v) is 5.42. The maximum Gasteiger partial charge on any atom is 0.114 e. The van der Waals surface area contributed by atoms with Gasteiger partial charge in [-0.15, -0.1) is 0 Å². The van der Waals surface area contributed by atoms with Gasteiger partial charge in [-0.05, 0) is 26.0 Å². The van der Waals surface area contributed by atoms with Crippen LogP contribution >= 0.6 is 0 Å². The van der Waals surface area contributed by atoms with Crippen LogP contribution in [0.15, 0.2) is 24.5 Å². The van der Waals surface area contributed by atoms with E-state index in [1.54, 1.807) is 0 Å². The molecule has 0 aliphatic rings. The van der Waals surface area contributed by atoms with Crippen molar-refractivity contribution in [3.8, 4) is 0 Å². The lowest BCUT2D eigenvalue weighted by Crippen LogP contribution is -2.04. The lowest BCUT2D eigenvalue weighted by molar-refractivity contribution is 0.708. The normalized spacial score (nSPS) is 10.6. The van der Waals surface area contributed by atoms with Crippen molar-refractivity contribution in [2.45, 2.75) is 26.8 Å². The molecule has 2 heterocycles. The van der Waals surface area contributed by atoms with Gasteiger partial charge in [0.25, 0.3) is 0 Å². The Balaban J connectivity index is 2.24. The quantitative estimate of drug-likeness (QED) is 0.850. The second-order valence-electron chi connectivity index (χ2n) is 3.78. The number of rotatable bonds is 3. The van der Waals surface area contributed by atoms with Crippen LogP contribution in [0, 0.1) is 6.92 Å². The van der Waals surface area contributed by atoms with Gasteiger partial charge in [0, 0.05) is 31.1 Å². The van der Waals surface area contributed by atoms with E-state index >= 15 is 0 Å². The Bertz CT molecular complexity index is 488. The standard InChI is InChI=1S/C12H16N4/c1-3-16-7-6-14-12(16)8-10-4-5-11(13)9(2)15-10/h4-7H,3,8,13H2,1-2H3. The number of imidazole rings is 1. The molecule has 2 rings (SSSR count). The molecule has 0 atom stereocenters. The van der Waals surface area contributed by atoms with Gasteiger partial charge in [-0.1, -0.05) is 0 Å². The zero-order valence-electron chi connectivity index (χ0n) is 9.64. The number of nitrogen functional groups attached to an aromatic ring is 1. The first-order valence-electron chi connectivity index (χ1n) is 5.42. The van der Waals surface area contributed by atoms with Gasteiger partial charge in [-0.25, -0.2) is 4.98 Å². The van der Waals surface area contributed by atoms with E-state index < -0.39 is 0 Å². The maximum atomic E-state index is 5.73. The van der Waals surface area contributed by atoms with Gasteiger partial charge in [0.15, 0.2) is 0 Å². The Labute approximate surface area is 95.1 Å². The monoisotopic (exact) mass is 216 g/mol. The van der Waals surface area contributed by atoms with E-state index in [1.165, 1.54) is 0 Å². The van der Waals surface area contributed by atoms with Crippen molar-refractivity contribution < 1.29 is 0 Å². The average Bonchev–Trinajstić information content (AvgIpc) is 2.71. The van der Waals surface area contributed by atoms with Crippen molar-refractivity contribution in [1.29, 1.82) is 0 Å². The predicted octanol–water partition coefficient (Wildman–Crippen LogP) is 1.78. The number of nitrogens with two attached hydrogens (primary N) is 1. The van der Waals surface area contributed by atoms with Crippen LogP contribution in [0.5, 0.6) is 0 Å². The van der Waals surface area contributed by atoms with Crippen molar-refractivity contribution in [2.24, 2.45) is 0 Å². The van der Waals surface area contributed by atoms with Gasteiger partial charge in [0.05, 0.1) is 11.4 Å². The number of aryl methyl sites for hydroxylation is 2. The third-order valence-electron chi connectivity index (χ3n) is 2.67. The Morgan fingerprint density at radius 2 is 2.19 bits per heavy atom. The topological polar surface area (TPSA) is 56.7 Å². The Hall–Kier alpha value is -1.84. The smallest absolute Gasteiger partial charge is 0.114 e. The fourth-order valence-corrected chi connectivity index (χ4v) is 1.68. The highest BCUT2D eigenvalue weighted by molar-refractivity contribution is 5.42. The van der Waals surface area contributed by atoms with Crippen molar-refractivity contribution in [2.75, 3.05) is 5.73 Å². The van der Waals surface area contributed by atoms with Gasteiger partial charge in [-0.2, -0.15) is 0 Å². The van der Waals surface area contributed by atoms with Crippen LogP contribution in [0.2, 0.25) is 0 Å². The Morgan fingerprint density at radius 3 is 2.88 bits per heavy atom. The number of anilines is 1. The summed E-state index contributed by atoms with van der Waals surface area (Å²) in [6.07, 6.45) is 4.56. The van der Waals surface area contributed by atoms with Crippen molar-refractivity contribution in [1.82, 2.24) is 14.5 Å². The molecule has 0 unspecified atom stereocenters. The molecule has 0 aromatic carbocycles. The summed E-state index contributed by atoms with van der Waals surface area (Å²) >= 11 is 0. The van der Waals surface area contributed by atoms with E-state index in [1.807, 2.05) is 31.5 Å². The summed E-state index contributed by atoms with van der Waals surface area (Å²) in [7, 11) is 0. The fraction of sp³-hybridized carbons (Fsp3) is 0.333. The summed E-state index contributed by atoms with van der Waals surface area (Å²) in [6, 6.07) is 3.86. The van der Waals surface area contributed by atoms with Gasteiger partial charge in [-0.3, -0.25) is 4.98 Å². The zero-order chi connectivity index (χ0) is 11.5. The van der Waals surface area contributed by atoms with Gasteiger partial charge < -0.3 is 10.3 Å². The molecule has 0 amide bonds. The van der Waals surface area contributed by atoms with Crippen molar-refractivity contribution in [3.05, 3.63) is 41.7 Å². The Morgan fingerprint density at radius 1 is 1.38 bits per heavy atom. The molecule has 0 spiro atoms. The number of pyridine rings is 1. The van der Waals surface area contributed by atoms with Crippen molar-refractivity contribution in [3.63, 3.8) is 0 Å². The Kier molecular flexibility index (Phi) is 2.90. The molecular formula is C12H16N4. The molecule has 16 heavy (non-hydrogen) atoms. The van der Waals surface area contributed by atoms with E-state index in [4.69, 9.17) is 5.73 Å². The largest absolute Gasteiger partial charge is 0.397 e. The highest BCUT2D eigenvalue weighted by Gasteiger charge is 2.05. The molecular weight excluding hydrogens is 200 g/mol. The molecule has 2 aromatic heterocycles. The van der Waals surface area contributed by atoms with Crippen LogP contribution in [0.3, 0.4) is 0 Å². The van der Waals surface area contributed by atoms with Crippen molar-refractivity contribution >= 4 is 5.69 Å². The first-order chi connectivity index (χ1) is 7.70. The maximum absolute atomic E-state index is 5.73. The summed E-state index contributed by atoms with van der Waals surface area (Å²) in [6.45, 7) is 4.96. The molecule has 0 saturated carbocycles. The van der Waals surface area contributed by atoms with E-state index in [9.17, 15) is 0 Å². The molecule has 2 aromatic rings. The molecule has 0 radical (unpaired) electrons. The van der Waals surface area contributed by atoms with Crippen LogP contribution < -0.4 is 5.73 Å². The SMILES string of the molecule is CCn1ccnc1Cc1ccc(N)c(C)n1. The molecule has 0 bridgehead atoms. The minimum Gasteiger partial charge on any atom is -0.397 e. The number of aromatic nitrogens is 3. The molecule has 84 valence electrons. The zero-order valence-corrected chi connectivity index (χ0v) is 9.64. The number of hydrogen-bond acceptors (Lipinski definition) is 3. The second kappa shape index (κ2) is 4.35. The van der Waals surface area contributed by atoms with Crippen LogP contribution in [-0.4, -0.2) is 14.5 Å². The average molecular weight is 216 g/mol. The number of nitrogens with zero attached hydrogens (tertiary/aromatic N) is 3. The van der Waals surface area contributed by atoms with E-state index in [-0.39, 0.29) is 0 Å². The van der Waals surface area contributed by atoms with Gasteiger partial charge in [0.1, 0.15) is 5.82 Å². The van der Waals surface area contributed by atoms with Crippen LogP contribution in [-0.2, 0) is 13.0 Å². The third-order valence-corrected chi connectivity index (χ3v) is 2.67. The molecule has 4 nitrogen and oxygen atoms in total. The summed E-state index contributed by atoms with van der Waals surface area (Å²) < 4.78 is 2.12. The molecule has 0 aliphatic carbocycles. The van der Waals surface area contributed by atoms with E-state index in [0.717, 1.165) is 35.9 Å². The second-order valence-corrected chi connectivity index (χ2v) is 3.78. The van der Waals surface area contributed by atoms with Crippen LogP contribution in [0.25, 0.3) is 0 Å². The molecule has 0 fully saturated rings. The number of hydrogen-bond donors (Lipinski definition) is 1. The molecule has 0 saturated heterocycles. The van der Waals surface area contributed by atoms with Crippen LogP contribution in [0.1, 0.15) is 24.1 Å². The highest BCUT2D eigenvalue weighted by atomic mass is 15.1. The summed E-state index contributed by atoms with van der Waals surface area (Å²) in [5.41, 5.74) is 8.36. The van der Waals surface area contributed by atoms with Gasteiger partial charge >= 0.3 is 0 Å². The lowest BCUT2D eigenvalue weighted by Gasteiger charge is -2.06. The molecule has 4 heteroatoms. The lowest BCUT2D eigenvalue weighted by atomic mass is 10.2. The molecule has 2 N–H and O–H groups in total. The van der Waals surface area contributed by atoms with E-state index in [0.29, 0.717) is 0 Å². The fourth-order valence-electron chi connectivity index (χ4n) is 1.68. The summed E-state index contributed by atoms with van der Waals surface area (Å²) in [5.74, 6) is 1.04. The summed E-state index contributed by atoms with van der Waals surface area (Å²) in [5, 5.41) is 0. The first kappa shape index (κ1) is 10.7.